The largest absolute Gasteiger partial charge is 0.497 e. The van der Waals surface area contributed by atoms with Crippen molar-refractivity contribution in [2.45, 2.75) is 11.8 Å². The van der Waals surface area contributed by atoms with Crippen molar-refractivity contribution < 1.29 is 19.0 Å². The highest BCUT2D eigenvalue weighted by Gasteiger charge is 2.13. The van der Waals surface area contributed by atoms with Gasteiger partial charge in [0.15, 0.2) is 11.0 Å². The number of carbonyl (C=O) groups is 1. The molecule has 0 atom stereocenters. The van der Waals surface area contributed by atoms with Crippen LogP contribution in [0.4, 0.5) is 5.69 Å². The van der Waals surface area contributed by atoms with E-state index in [4.69, 9.17) is 14.2 Å². The van der Waals surface area contributed by atoms with Gasteiger partial charge in [-0.3, -0.25) is 4.79 Å². The van der Waals surface area contributed by atoms with Gasteiger partial charge in [-0.25, -0.2) is 0 Å². The first kappa shape index (κ1) is 20.5. The van der Waals surface area contributed by atoms with Crippen molar-refractivity contribution in [2.24, 2.45) is 7.05 Å². The zero-order valence-electron chi connectivity index (χ0n) is 16.4. The van der Waals surface area contributed by atoms with Crippen molar-refractivity contribution in [3.63, 3.8) is 0 Å². The number of hydrogen-bond donors (Lipinski definition) is 1. The molecular formula is C20H22N4O4S. The molecule has 1 heterocycles. The second kappa shape index (κ2) is 9.83. The van der Waals surface area contributed by atoms with E-state index in [-0.39, 0.29) is 18.3 Å². The molecule has 0 aliphatic rings. The smallest absolute Gasteiger partial charge is 0.234 e. The quantitative estimate of drug-likeness (QED) is 0.538. The lowest BCUT2D eigenvalue weighted by molar-refractivity contribution is -0.113. The highest BCUT2D eigenvalue weighted by atomic mass is 32.2. The third-order valence-corrected chi connectivity index (χ3v) is 5.09. The lowest BCUT2D eigenvalue weighted by Gasteiger charge is -2.09. The second-order valence-electron chi connectivity index (χ2n) is 5.96. The predicted octanol–water partition coefficient (Wildman–Crippen LogP) is 3.14. The van der Waals surface area contributed by atoms with Gasteiger partial charge in [-0.2, -0.15) is 0 Å². The van der Waals surface area contributed by atoms with E-state index in [1.807, 2.05) is 48.0 Å². The molecule has 3 aromatic rings. The first-order valence-corrected chi connectivity index (χ1v) is 9.80. The maximum atomic E-state index is 12.3. The number of methoxy groups -OCH3 is 2. The van der Waals surface area contributed by atoms with Gasteiger partial charge in [-0.1, -0.05) is 23.9 Å². The molecule has 0 fully saturated rings. The SMILES string of the molecule is COc1ccc(OCc2nnc(SCC(=O)Nc3ccccc3OC)n2C)cc1. The van der Waals surface area contributed by atoms with Crippen LogP contribution in [0.25, 0.3) is 0 Å². The van der Waals surface area contributed by atoms with Gasteiger partial charge in [0.05, 0.1) is 25.7 Å². The van der Waals surface area contributed by atoms with Gasteiger partial charge >= 0.3 is 0 Å². The van der Waals surface area contributed by atoms with Gasteiger partial charge in [0, 0.05) is 7.05 Å². The minimum Gasteiger partial charge on any atom is -0.497 e. The number of amides is 1. The topological polar surface area (TPSA) is 87.5 Å². The van der Waals surface area contributed by atoms with Crippen LogP contribution in [0.5, 0.6) is 17.2 Å². The number of nitrogens with zero attached hydrogens (tertiary/aromatic N) is 3. The average molecular weight is 414 g/mol. The summed E-state index contributed by atoms with van der Waals surface area (Å²) in [5.41, 5.74) is 0.632. The summed E-state index contributed by atoms with van der Waals surface area (Å²) in [6, 6.07) is 14.6. The van der Waals surface area contributed by atoms with Gasteiger partial charge in [0.25, 0.3) is 0 Å². The molecule has 9 heteroatoms. The molecular weight excluding hydrogens is 392 g/mol. The predicted molar refractivity (Wildman–Crippen MR) is 111 cm³/mol. The van der Waals surface area contributed by atoms with Gasteiger partial charge in [0.1, 0.15) is 23.9 Å². The molecule has 0 saturated carbocycles. The molecule has 29 heavy (non-hydrogen) atoms. The average Bonchev–Trinajstić information content (AvgIpc) is 3.11. The van der Waals surface area contributed by atoms with E-state index in [0.717, 1.165) is 5.75 Å². The van der Waals surface area contributed by atoms with Crippen LogP contribution in [0.15, 0.2) is 53.7 Å². The third-order valence-electron chi connectivity index (χ3n) is 4.07. The Morgan fingerprint density at radius 1 is 1.03 bits per heavy atom. The van der Waals surface area contributed by atoms with Crippen LogP contribution in [0.1, 0.15) is 5.82 Å². The number of ether oxygens (including phenoxy) is 3. The molecule has 2 aromatic carbocycles. The fourth-order valence-corrected chi connectivity index (χ4v) is 3.21. The summed E-state index contributed by atoms with van der Waals surface area (Å²) >= 11 is 1.30. The molecule has 0 aliphatic carbocycles. The Hall–Kier alpha value is -3.20. The number of thioether (sulfide) groups is 1. The molecule has 0 aliphatic heterocycles. The second-order valence-corrected chi connectivity index (χ2v) is 6.90. The van der Waals surface area contributed by atoms with Crippen LogP contribution < -0.4 is 19.5 Å². The van der Waals surface area contributed by atoms with Crippen LogP contribution in [0.2, 0.25) is 0 Å². The fourth-order valence-electron chi connectivity index (χ4n) is 2.48. The van der Waals surface area contributed by atoms with Crippen molar-refractivity contribution in [1.82, 2.24) is 14.8 Å². The summed E-state index contributed by atoms with van der Waals surface area (Å²) < 4.78 is 17.9. The van der Waals surface area contributed by atoms with E-state index < -0.39 is 0 Å². The van der Waals surface area contributed by atoms with Crippen molar-refractivity contribution in [1.29, 1.82) is 0 Å². The van der Waals surface area contributed by atoms with Crippen molar-refractivity contribution in [3.05, 3.63) is 54.4 Å². The molecule has 0 bridgehead atoms. The molecule has 152 valence electrons. The number of nitrogens with one attached hydrogen (secondary N) is 1. The fraction of sp³-hybridized carbons (Fsp3) is 0.250. The van der Waals surface area contributed by atoms with Crippen LogP contribution in [-0.4, -0.2) is 40.6 Å². The number of carbonyl (C=O) groups excluding carboxylic acids is 1. The molecule has 8 nitrogen and oxygen atoms in total. The Kier molecular flexibility index (Phi) is 6.96. The van der Waals surface area contributed by atoms with E-state index in [0.29, 0.717) is 28.2 Å². The highest BCUT2D eigenvalue weighted by molar-refractivity contribution is 7.99. The summed E-state index contributed by atoms with van der Waals surface area (Å²) in [5, 5.41) is 11.8. The van der Waals surface area contributed by atoms with E-state index in [1.54, 1.807) is 26.4 Å². The molecule has 0 saturated heterocycles. The Morgan fingerprint density at radius 3 is 2.48 bits per heavy atom. The number of anilines is 1. The summed E-state index contributed by atoms with van der Waals surface area (Å²) in [5.74, 6) is 2.79. The van der Waals surface area contributed by atoms with Crippen LogP contribution >= 0.6 is 11.8 Å². The Morgan fingerprint density at radius 2 is 1.76 bits per heavy atom. The highest BCUT2D eigenvalue weighted by Crippen LogP contribution is 2.24. The molecule has 1 aromatic heterocycles. The minimum atomic E-state index is -0.154. The van der Waals surface area contributed by atoms with E-state index in [2.05, 4.69) is 15.5 Å². The zero-order chi connectivity index (χ0) is 20.6. The number of rotatable bonds is 9. The lowest BCUT2D eigenvalue weighted by Crippen LogP contribution is -2.15. The summed E-state index contributed by atoms with van der Waals surface area (Å²) in [7, 11) is 5.02. The van der Waals surface area contributed by atoms with Crippen LogP contribution in [-0.2, 0) is 18.4 Å². The maximum Gasteiger partial charge on any atom is 0.234 e. The van der Waals surface area contributed by atoms with Gasteiger partial charge in [0.2, 0.25) is 5.91 Å². The Bertz CT molecular complexity index is 959. The lowest BCUT2D eigenvalue weighted by atomic mass is 10.3. The summed E-state index contributed by atoms with van der Waals surface area (Å²) in [6.07, 6.45) is 0. The van der Waals surface area contributed by atoms with Crippen LogP contribution in [0, 0.1) is 0 Å². The Balaban J connectivity index is 1.53. The van der Waals surface area contributed by atoms with Gasteiger partial charge < -0.3 is 24.1 Å². The number of hydrogen-bond acceptors (Lipinski definition) is 7. The first-order valence-electron chi connectivity index (χ1n) is 8.81. The maximum absolute atomic E-state index is 12.3. The van der Waals surface area contributed by atoms with E-state index in [1.165, 1.54) is 11.8 Å². The van der Waals surface area contributed by atoms with Gasteiger partial charge in [-0.05, 0) is 36.4 Å². The summed E-state index contributed by atoms with van der Waals surface area (Å²) in [6.45, 7) is 0.268. The van der Waals surface area contributed by atoms with Crippen molar-refractivity contribution >= 4 is 23.4 Å². The molecule has 0 spiro atoms. The van der Waals surface area contributed by atoms with E-state index >= 15 is 0 Å². The Labute approximate surface area is 173 Å². The minimum absolute atomic E-state index is 0.154. The standard InChI is InChI=1S/C20H22N4O4S/c1-24-18(12-28-15-10-8-14(26-2)9-11-15)22-23-20(24)29-13-19(25)21-16-6-4-5-7-17(16)27-3/h4-11H,12-13H2,1-3H3,(H,21,25). The van der Waals surface area contributed by atoms with Gasteiger partial charge in [-0.15, -0.1) is 10.2 Å². The molecule has 0 radical (unpaired) electrons. The number of aromatic nitrogens is 3. The first-order chi connectivity index (χ1) is 14.1. The molecule has 3 rings (SSSR count). The van der Waals surface area contributed by atoms with Crippen LogP contribution in [0.3, 0.4) is 0 Å². The monoisotopic (exact) mass is 414 g/mol. The number of para-hydroxylation sites is 2. The molecule has 0 unspecified atom stereocenters. The molecule has 1 N–H and O–H groups in total. The third kappa shape index (κ3) is 5.41. The number of benzene rings is 2. The molecule has 1 amide bonds. The summed E-state index contributed by atoms with van der Waals surface area (Å²) in [4.78, 5) is 12.3. The van der Waals surface area contributed by atoms with Crippen molar-refractivity contribution in [2.75, 3.05) is 25.3 Å². The normalized spacial score (nSPS) is 10.4. The van der Waals surface area contributed by atoms with Crippen molar-refractivity contribution in [3.8, 4) is 17.2 Å². The zero-order valence-corrected chi connectivity index (χ0v) is 17.2. The van der Waals surface area contributed by atoms with E-state index in [9.17, 15) is 4.79 Å².